The summed E-state index contributed by atoms with van der Waals surface area (Å²) in [4.78, 5) is 115. The van der Waals surface area contributed by atoms with E-state index in [1.807, 2.05) is 116 Å². The number of nitrogens with one attached hydrogen (secondary N) is 7. The standard InChI is InChI=1S/3C29H30FN3O3.C27H27FN2O/c1-2-36-29(35)33-24-9-10-25-20(14-24)12-21-17-32-28(34)15-27(21)26(25)11-8-23-7-6-19(16-31-23)18-4-3-5-22(30)13-18;1-2-36-29(35)33-24-9-10-25-20(14-24)12-21-15-28(34)32-17-27(21)26(25)11-8-23-7-6-19(16-31-23)18-4-3-5-22(30)13-18;1-2-36-29(35)33-23-9-10-24-20(15-23)16-27-26(12-13-31-28(27)34)25(24)11-8-22-7-6-19(17-32-22)18-4-3-5-21(30)14-18;1-17-5-9-24-21(13-17)14-19-11-12-29-27(31)26(19)25(24)10-8-23-7-6-20(16-30-23)18-3-2-4-22(28)15-18/h2*3-8,11,13,15-17,20,24-26H,2,9-10,12,14H2,1H3,(H,32,34)(H,33,35);3-8,11-14,17,20,23-25H,2,9-10,15-16H2,1H3,(H,31,34)(H,33,35);2-4,6-8,10-12,15-17,21,24-25H,5,9,13-14H2,1H3,(H,29,31)/b3*11-8+;10-8+/t2*20-,24-,25-,26+;20-,23+,24+,25-;17-,21+,24-,25+/m1101/s1. The van der Waals surface area contributed by atoms with Crippen LogP contribution in [-0.4, -0.2) is 96.1 Å². The zero-order chi connectivity index (χ0) is 96.6. The monoisotopic (exact) mass is 1880 g/mol. The van der Waals surface area contributed by atoms with E-state index in [1.54, 1.807) is 94.4 Å². The highest BCUT2D eigenvalue weighted by atomic mass is 19.1. The van der Waals surface area contributed by atoms with Gasteiger partial charge in [0.2, 0.25) is 11.1 Å². The van der Waals surface area contributed by atoms with E-state index < -0.39 is 0 Å². The molecule has 7 N–H and O–H groups in total. The van der Waals surface area contributed by atoms with Gasteiger partial charge in [0.1, 0.15) is 23.3 Å². The number of rotatable bonds is 18. The molecule has 0 saturated heterocycles. The van der Waals surface area contributed by atoms with E-state index in [9.17, 15) is 51.1 Å². The van der Waals surface area contributed by atoms with Gasteiger partial charge in [-0.1, -0.05) is 110 Å². The van der Waals surface area contributed by atoms with Crippen LogP contribution in [0.1, 0.15) is 196 Å². The molecule has 8 aliphatic rings. The molecule has 20 rings (SSSR count). The van der Waals surface area contributed by atoms with Crippen molar-refractivity contribution in [2.24, 2.45) is 53.3 Å². The number of benzene rings is 4. The number of halogens is 4. The first-order valence-corrected chi connectivity index (χ1v) is 48.8. The number of hydrogen-bond acceptors (Lipinski definition) is 14. The second-order valence-corrected chi connectivity index (χ2v) is 38.1. The number of carbonyl (C=O) groups is 3. The van der Waals surface area contributed by atoms with E-state index in [2.05, 4.69) is 93.1 Å². The molecule has 0 aliphatic heterocycles. The lowest BCUT2D eigenvalue weighted by molar-refractivity contribution is 0.128. The summed E-state index contributed by atoms with van der Waals surface area (Å²) in [6.07, 6.45) is 45.1. The number of aromatic nitrogens is 8. The minimum atomic E-state index is -0.376. The third-order valence-corrected chi connectivity index (χ3v) is 29.3. The van der Waals surface area contributed by atoms with Crippen molar-refractivity contribution in [3.05, 3.63) is 376 Å². The van der Waals surface area contributed by atoms with Gasteiger partial charge < -0.3 is 50.1 Å². The molecule has 716 valence electrons. The predicted molar refractivity (Wildman–Crippen MR) is 533 cm³/mol. The Morgan fingerprint density at radius 3 is 1.16 bits per heavy atom. The first-order valence-electron chi connectivity index (χ1n) is 48.8. The minimum absolute atomic E-state index is 0.0394. The Morgan fingerprint density at radius 2 is 0.727 bits per heavy atom. The molecule has 4 saturated carbocycles. The molecule has 21 nitrogen and oxygen atoms in total. The first-order chi connectivity index (χ1) is 67.6. The molecule has 25 heteroatoms. The Balaban J connectivity index is 0.000000128. The summed E-state index contributed by atoms with van der Waals surface area (Å²) in [6.45, 7) is 8.79. The van der Waals surface area contributed by atoms with Crippen LogP contribution < -0.4 is 38.2 Å². The van der Waals surface area contributed by atoms with Gasteiger partial charge >= 0.3 is 18.3 Å². The van der Waals surface area contributed by atoms with Crippen molar-refractivity contribution < 1.29 is 46.2 Å². The van der Waals surface area contributed by atoms with E-state index in [0.717, 1.165) is 189 Å². The second-order valence-electron chi connectivity index (χ2n) is 38.1. The summed E-state index contributed by atoms with van der Waals surface area (Å²) in [5.41, 5.74) is 18.2. The van der Waals surface area contributed by atoms with Crippen molar-refractivity contribution in [1.29, 1.82) is 0 Å². The molecular formula is C114H117F4N11O10. The lowest BCUT2D eigenvalue weighted by Gasteiger charge is -2.44. The minimum Gasteiger partial charge on any atom is -0.450 e. The fourth-order valence-electron chi connectivity index (χ4n) is 22.9. The number of amides is 3. The number of H-pyrrole nitrogens is 4. The van der Waals surface area contributed by atoms with Gasteiger partial charge in [0.25, 0.3) is 11.1 Å². The van der Waals surface area contributed by atoms with Gasteiger partial charge in [-0.3, -0.25) is 39.1 Å². The van der Waals surface area contributed by atoms with E-state index >= 15 is 0 Å². The van der Waals surface area contributed by atoms with Crippen molar-refractivity contribution in [2.45, 2.75) is 172 Å². The zero-order valence-electron chi connectivity index (χ0n) is 78.5. The van der Waals surface area contributed by atoms with Gasteiger partial charge in [-0.15, -0.1) is 0 Å². The molecule has 4 fully saturated rings. The third-order valence-electron chi connectivity index (χ3n) is 29.3. The number of pyridine rings is 8. The maximum Gasteiger partial charge on any atom is 0.407 e. The highest BCUT2D eigenvalue weighted by Gasteiger charge is 2.45. The van der Waals surface area contributed by atoms with Gasteiger partial charge in [-0.05, 0) is 335 Å². The summed E-state index contributed by atoms with van der Waals surface area (Å²) in [6, 6.07) is 49.3. The van der Waals surface area contributed by atoms with Gasteiger partial charge in [0.15, 0.2) is 0 Å². The normalized spacial score (nSPS) is 23.5. The molecule has 0 radical (unpaired) electrons. The fourth-order valence-corrected chi connectivity index (χ4v) is 22.9. The van der Waals surface area contributed by atoms with Crippen LogP contribution in [0.5, 0.6) is 0 Å². The lowest BCUT2D eigenvalue weighted by Crippen LogP contribution is -2.45. The van der Waals surface area contributed by atoms with Crippen LogP contribution in [0.3, 0.4) is 0 Å². The smallest absolute Gasteiger partial charge is 0.407 e. The van der Waals surface area contributed by atoms with Crippen molar-refractivity contribution >= 4 is 42.6 Å². The number of fused-ring (bicyclic) bond motifs is 8. The van der Waals surface area contributed by atoms with Crippen LogP contribution in [0, 0.1) is 76.5 Å². The quantitative estimate of drug-likeness (QED) is 0.0311. The van der Waals surface area contributed by atoms with Gasteiger partial charge in [0.05, 0.1) is 42.6 Å². The highest BCUT2D eigenvalue weighted by Crippen LogP contribution is 2.52. The van der Waals surface area contributed by atoms with Crippen molar-refractivity contribution in [2.75, 3.05) is 19.8 Å². The first kappa shape index (κ1) is 96.5. The molecule has 8 aromatic heterocycles. The van der Waals surface area contributed by atoms with Gasteiger partial charge in [-0.25, -0.2) is 31.9 Å². The molecular weight excluding hydrogens is 1760 g/mol. The summed E-state index contributed by atoms with van der Waals surface area (Å²) < 4.78 is 69.5. The Morgan fingerprint density at radius 1 is 0.360 bits per heavy atom. The van der Waals surface area contributed by atoms with E-state index in [-0.39, 0.29) is 106 Å². The molecule has 0 unspecified atom stereocenters. The molecule has 0 bridgehead atoms. The SMILES string of the molecule is CCOC(=O)N[C@@H]1CC[C@@H]2[C@H](Cc3c(cc[nH]c3=O)[C@H]2/C=C/c2ccc(-c3cccc(F)c3)cn2)C1.CCOC(=O)N[C@@H]1CC[C@@H]2[C@H](Cc3c[nH]c(=O)cc3[C@H]2/C=C/c2ccc(-c3cccc(F)c3)cn2)C1.CCOC(=O)N[C@@H]1CC[C@@H]2[C@H](Cc3cc(=O)[nH]cc3[C@H]2/C=C/c2ccc(-c3cccc(F)c3)cn2)C1.C[C@@H]1CC[C@@H]2[C@H](Cc3cc[nH]c(=O)c3[C@H]2/C=C/c2ccc(-c3cccc(F)c3)cn2)C1. The average molecular weight is 1880 g/mol. The summed E-state index contributed by atoms with van der Waals surface area (Å²) in [7, 11) is 0. The number of allylic oxidation sites excluding steroid dienone is 4. The summed E-state index contributed by atoms with van der Waals surface area (Å²) in [5.74, 6) is 3.48. The van der Waals surface area contributed by atoms with Crippen molar-refractivity contribution in [3.63, 3.8) is 0 Å². The van der Waals surface area contributed by atoms with Crippen molar-refractivity contribution in [1.82, 2.24) is 55.8 Å². The zero-order valence-corrected chi connectivity index (χ0v) is 78.5. The Hall–Kier alpha value is -14.2. The molecule has 4 aromatic carbocycles. The summed E-state index contributed by atoms with van der Waals surface area (Å²) >= 11 is 0. The largest absolute Gasteiger partial charge is 0.450 e. The molecule has 3 amide bonds. The molecule has 8 aliphatic carbocycles. The lowest BCUT2D eigenvalue weighted by atomic mass is 9.62. The van der Waals surface area contributed by atoms with E-state index in [4.69, 9.17) is 14.2 Å². The average Bonchev–Trinajstić information content (AvgIpc) is 0.788. The Kier molecular flexibility index (Phi) is 31.2. The molecule has 139 heavy (non-hydrogen) atoms. The number of hydrogen-bond donors (Lipinski definition) is 7. The number of ether oxygens (including phenoxy) is 3. The molecule has 16 atom stereocenters. The van der Waals surface area contributed by atoms with Gasteiger partial charge in [0, 0.05) is 137 Å². The molecule has 8 heterocycles. The number of carbonyl (C=O) groups excluding carboxylic acids is 3. The highest BCUT2D eigenvalue weighted by molar-refractivity contribution is 5.71. The van der Waals surface area contributed by atoms with E-state index in [1.165, 1.54) is 73.4 Å². The second kappa shape index (κ2) is 44.9. The maximum absolute atomic E-state index is 13.6. The maximum atomic E-state index is 13.6. The van der Waals surface area contributed by atoms with Crippen LogP contribution >= 0.6 is 0 Å². The van der Waals surface area contributed by atoms with Crippen LogP contribution in [0.4, 0.5) is 31.9 Å². The fraction of sp³-hybridized carbons (Fsp3) is 0.342. The molecule has 0 spiro atoms. The van der Waals surface area contributed by atoms with Gasteiger partial charge in [-0.2, -0.15) is 0 Å². The summed E-state index contributed by atoms with van der Waals surface area (Å²) in [5, 5.41) is 9.00. The Labute approximate surface area is 805 Å². The van der Waals surface area contributed by atoms with Crippen LogP contribution in [0.15, 0.2) is 263 Å². The Bertz CT molecular complexity index is 6610. The predicted octanol–water partition coefficient (Wildman–Crippen LogP) is 22.4. The van der Waals surface area contributed by atoms with Crippen molar-refractivity contribution in [3.8, 4) is 44.5 Å². The number of alkyl carbamates (subject to hydrolysis) is 3. The molecule has 12 aromatic rings. The topological polar surface area (TPSA) is 298 Å². The van der Waals surface area contributed by atoms with Crippen LogP contribution in [0.25, 0.3) is 68.8 Å². The van der Waals surface area contributed by atoms with Crippen LogP contribution in [-0.2, 0) is 39.9 Å². The van der Waals surface area contributed by atoms with E-state index in [0.29, 0.717) is 73.6 Å². The number of aromatic amines is 4. The number of nitrogens with zero attached hydrogens (tertiary/aromatic N) is 4. The van der Waals surface area contributed by atoms with Crippen LogP contribution in [0.2, 0.25) is 0 Å². The third kappa shape index (κ3) is 24.0.